The van der Waals surface area contributed by atoms with Gasteiger partial charge in [-0.05, 0) is 17.9 Å². The minimum atomic E-state index is -0.248. The van der Waals surface area contributed by atoms with Gasteiger partial charge >= 0.3 is 0 Å². The summed E-state index contributed by atoms with van der Waals surface area (Å²) in [6, 6.07) is 1.88. The first-order valence-corrected chi connectivity index (χ1v) is 4.90. The molecule has 11 heavy (non-hydrogen) atoms. The van der Waals surface area contributed by atoms with Crippen LogP contribution in [0.15, 0.2) is 23.0 Å². The Morgan fingerprint density at radius 1 is 1.73 bits per heavy atom. The van der Waals surface area contributed by atoms with Gasteiger partial charge in [-0.25, -0.2) is 0 Å². The highest BCUT2D eigenvalue weighted by Crippen LogP contribution is 2.06. The van der Waals surface area contributed by atoms with Crippen molar-refractivity contribution >= 4 is 11.8 Å². The van der Waals surface area contributed by atoms with Crippen molar-refractivity contribution in [3.63, 3.8) is 0 Å². The Bertz CT molecular complexity index is 184. The molecule has 0 aliphatic heterocycles. The van der Waals surface area contributed by atoms with Gasteiger partial charge in [0.25, 0.3) is 0 Å². The minimum Gasteiger partial charge on any atom is -0.472 e. The van der Waals surface area contributed by atoms with Gasteiger partial charge in [0, 0.05) is 12.2 Å². The van der Waals surface area contributed by atoms with E-state index in [4.69, 9.17) is 4.42 Å². The lowest BCUT2D eigenvalue weighted by atomic mass is 10.2. The number of furan rings is 1. The topological polar surface area (TPSA) is 33.4 Å². The first-order chi connectivity index (χ1) is 5.33. The molecule has 1 aromatic rings. The normalized spacial score (nSPS) is 13.3. The molecule has 3 heteroatoms. The smallest absolute Gasteiger partial charge is 0.0935 e. The van der Waals surface area contributed by atoms with Crippen LogP contribution in [-0.4, -0.2) is 23.2 Å². The molecule has 0 aromatic carbocycles. The third-order valence-electron chi connectivity index (χ3n) is 1.41. The van der Waals surface area contributed by atoms with Crippen molar-refractivity contribution < 1.29 is 9.52 Å². The SMILES string of the molecule is CSCC(O)Cc1ccoc1. The number of aliphatic hydroxyl groups excluding tert-OH is 1. The summed E-state index contributed by atoms with van der Waals surface area (Å²) in [4.78, 5) is 0. The number of rotatable bonds is 4. The van der Waals surface area contributed by atoms with Gasteiger partial charge < -0.3 is 9.52 Å². The molecule has 1 heterocycles. The Balaban J connectivity index is 2.31. The first kappa shape index (κ1) is 8.68. The Labute approximate surface area is 70.6 Å². The Hall–Kier alpha value is -0.410. The summed E-state index contributed by atoms with van der Waals surface area (Å²) >= 11 is 1.65. The Kier molecular flexibility index (Phi) is 3.52. The van der Waals surface area contributed by atoms with Gasteiger partial charge in [-0.1, -0.05) is 0 Å². The van der Waals surface area contributed by atoms with E-state index in [9.17, 15) is 5.11 Å². The molecule has 1 unspecified atom stereocenters. The fourth-order valence-electron chi connectivity index (χ4n) is 0.932. The fraction of sp³-hybridized carbons (Fsp3) is 0.500. The van der Waals surface area contributed by atoms with E-state index in [1.54, 1.807) is 24.3 Å². The highest BCUT2D eigenvalue weighted by Gasteiger charge is 2.04. The molecule has 62 valence electrons. The first-order valence-electron chi connectivity index (χ1n) is 3.51. The lowest BCUT2D eigenvalue weighted by Gasteiger charge is -2.05. The maximum absolute atomic E-state index is 9.36. The lowest BCUT2D eigenvalue weighted by molar-refractivity contribution is 0.200. The molecule has 0 spiro atoms. The van der Waals surface area contributed by atoms with E-state index in [2.05, 4.69) is 0 Å². The third kappa shape index (κ3) is 2.99. The fourth-order valence-corrected chi connectivity index (χ4v) is 1.43. The summed E-state index contributed by atoms with van der Waals surface area (Å²) in [5.74, 6) is 0.783. The van der Waals surface area contributed by atoms with Crippen LogP contribution in [0.5, 0.6) is 0 Å². The average molecular weight is 172 g/mol. The molecule has 0 fully saturated rings. The molecule has 0 bridgehead atoms. The van der Waals surface area contributed by atoms with Crippen molar-refractivity contribution in [1.82, 2.24) is 0 Å². The van der Waals surface area contributed by atoms with Gasteiger partial charge in [-0.2, -0.15) is 11.8 Å². The molecule has 0 amide bonds. The van der Waals surface area contributed by atoms with Gasteiger partial charge in [-0.15, -0.1) is 0 Å². The number of aliphatic hydroxyl groups is 1. The van der Waals surface area contributed by atoms with E-state index >= 15 is 0 Å². The van der Waals surface area contributed by atoms with E-state index in [1.807, 2.05) is 12.3 Å². The highest BCUT2D eigenvalue weighted by molar-refractivity contribution is 7.98. The standard InChI is InChI=1S/C8H12O2S/c1-11-6-8(9)4-7-2-3-10-5-7/h2-3,5,8-9H,4,6H2,1H3. The van der Waals surface area contributed by atoms with Crippen molar-refractivity contribution in [2.45, 2.75) is 12.5 Å². The molecular formula is C8H12O2S. The molecule has 0 saturated carbocycles. The molecule has 1 aromatic heterocycles. The Morgan fingerprint density at radius 3 is 3.09 bits per heavy atom. The molecule has 0 aliphatic carbocycles. The largest absolute Gasteiger partial charge is 0.472 e. The van der Waals surface area contributed by atoms with Crippen LogP contribution >= 0.6 is 11.8 Å². The van der Waals surface area contributed by atoms with Crippen LogP contribution in [0.2, 0.25) is 0 Å². The monoisotopic (exact) mass is 172 g/mol. The zero-order valence-corrected chi connectivity index (χ0v) is 7.30. The van der Waals surface area contributed by atoms with Crippen LogP contribution in [-0.2, 0) is 6.42 Å². The summed E-state index contributed by atoms with van der Waals surface area (Å²) < 4.78 is 4.88. The summed E-state index contributed by atoms with van der Waals surface area (Å²) in [7, 11) is 0. The molecule has 2 nitrogen and oxygen atoms in total. The molecule has 0 saturated heterocycles. The maximum atomic E-state index is 9.36. The van der Waals surface area contributed by atoms with Crippen molar-refractivity contribution in [2.75, 3.05) is 12.0 Å². The van der Waals surface area contributed by atoms with E-state index in [0.29, 0.717) is 6.42 Å². The molecule has 0 radical (unpaired) electrons. The van der Waals surface area contributed by atoms with E-state index in [0.717, 1.165) is 11.3 Å². The van der Waals surface area contributed by atoms with Gasteiger partial charge in [0.15, 0.2) is 0 Å². The van der Waals surface area contributed by atoms with Crippen LogP contribution in [0, 0.1) is 0 Å². The van der Waals surface area contributed by atoms with Crippen molar-refractivity contribution in [2.24, 2.45) is 0 Å². The zero-order chi connectivity index (χ0) is 8.10. The molecular weight excluding hydrogens is 160 g/mol. The predicted molar refractivity (Wildman–Crippen MR) is 46.8 cm³/mol. The molecule has 1 rings (SSSR count). The van der Waals surface area contributed by atoms with Crippen molar-refractivity contribution in [3.8, 4) is 0 Å². The second kappa shape index (κ2) is 4.46. The van der Waals surface area contributed by atoms with Crippen LogP contribution in [0.4, 0.5) is 0 Å². The number of hydrogen-bond acceptors (Lipinski definition) is 3. The van der Waals surface area contributed by atoms with Crippen LogP contribution in [0.25, 0.3) is 0 Å². The van der Waals surface area contributed by atoms with Crippen molar-refractivity contribution in [1.29, 1.82) is 0 Å². The van der Waals surface area contributed by atoms with E-state index < -0.39 is 0 Å². The van der Waals surface area contributed by atoms with Gasteiger partial charge in [0.05, 0.1) is 18.6 Å². The minimum absolute atomic E-state index is 0.248. The average Bonchev–Trinajstić information content (AvgIpc) is 2.40. The number of thioether (sulfide) groups is 1. The quantitative estimate of drug-likeness (QED) is 0.748. The Morgan fingerprint density at radius 2 is 2.55 bits per heavy atom. The van der Waals surface area contributed by atoms with Gasteiger partial charge in [0.1, 0.15) is 0 Å². The molecule has 0 aliphatic rings. The summed E-state index contributed by atoms with van der Waals surface area (Å²) in [6.07, 6.45) is 5.73. The molecule has 1 N–H and O–H groups in total. The summed E-state index contributed by atoms with van der Waals surface area (Å²) in [5, 5.41) is 9.36. The number of hydrogen-bond donors (Lipinski definition) is 1. The highest BCUT2D eigenvalue weighted by atomic mass is 32.2. The molecule has 1 atom stereocenters. The second-order valence-electron chi connectivity index (χ2n) is 2.44. The second-order valence-corrected chi connectivity index (χ2v) is 3.36. The zero-order valence-electron chi connectivity index (χ0n) is 6.49. The van der Waals surface area contributed by atoms with E-state index in [1.165, 1.54) is 0 Å². The predicted octanol–water partition coefficient (Wildman–Crippen LogP) is 1.55. The summed E-state index contributed by atoms with van der Waals surface area (Å²) in [5.41, 5.74) is 1.06. The van der Waals surface area contributed by atoms with Crippen LogP contribution in [0.3, 0.4) is 0 Å². The summed E-state index contributed by atoms with van der Waals surface area (Å²) in [6.45, 7) is 0. The van der Waals surface area contributed by atoms with Crippen LogP contribution in [0.1, 0.15) is 5.56 Å². The van der Waals surface area contributed by atoms with Crippen LogP contribution < -0.4 is 0 Å². The third-order valence-corrected chi connectivity index (χ3v) is 2.13. The van der Waals surface area contributed by atoms with Crippen molar-refractivity contribution in [3.05, 3.63) is 24.2 Å². The lowest BCUT2D eigenvalue weighted by Crippen LogP contribution is -2.12. The maximum Gasteiger partial charge on any atom is 0.0935 e. The van der Waals surface area contributed by atoms with E-state index in [-0.39, 0.29) is 6.10 Å². The van der Waals surface area contributed by atoms with Gasteiger partial charge in [0.2, 0.25) is 0 Å². The van der Waals surface area contributed by atoms with Gasteiger partial charge in [-0.3, -0.25) is 0 Å².